The van der Waals surface area contributed by atoms with E-state index in [0.29, 0.717) is 16.5 Å². The van der Waals surface area contributed by atoms with E-state index in [9.17, 15) is 31.9 Å². The van der Waals surface area contributed by atoms with Gasteiger partial charge >= 0.3 is 12.3 Å². The first-order valence-electron chi connectivity index (χ1n) is 14.1. The molecule has 0 N–H and O–H groups in total. The Morgan fingerprint density at radius 2 is 1.60 bits per heavy atom. The van der Waals surface area contributed by atoms with E-state index < -0.39 is 41.4 Å². The number of nitrogens with zero attached hydrogens (tertiary/aromatic N) is 3. The van der Waals surface area contributed by atoms with Gasteiger partial charge in [0, 0.05) is 45.1 Å². The van der Waals surface area contributed by atoms with Crippen molar-refractivity contribution in [1.82, 2.24) is 14.7 Å². The molecule has 3 fully saturated rings. The number of benzene rings is 2. The van der Waals surface area contributed by atoms with E-state index in [4.69, 9.17) is 27.9 Å². The lowest BCUT2D eigenvalue weighted by Crippen LogP contribution is -2.57. The molecule has 2 aromatic rings. The maximum Gasteiger partial charge on any atom is 0.415 e. The van der Waals surface area contributed by atoms with Crippen molar-refractivity contribution in [3.63, 3.8) is 0 Å². The van der Waals surface area contributed by atoms with Gasteiger partial charge in [-0.15, -0.1) is 0 Å². The van der Waals surface area contributed by atoms with Crippen molar-refractivity contribution >= 4 is 41.1 Å². The van der Waals surface area contributed by atoms with Crippen molar-refractivity contribution < 1.29 is 36.7 Å². The molecule has 7 nitrogen and oxygen atoms in total. The van der Waals surface area contributed by atoms with Crippen molar-refractivity contribution in [1.29, 1.82) is 0 Å². The molecular formula is C30H31Cl2F4N3O4. The van der Waals surface area contributed by atoms with Crippen LogP contribution in [0.4, 0.5) is 22.4 Å². The smallest absolute Gasteiger partial charge is 0.410 e. The van der Waals surface area contributed by atoms with Crippen LogP contribution in [0.25, 0.3) is 0 Å². The largest absolute Gasteiger partial charge is 0.415 e. The molecule has 13 heteroatoms. The molecule has 2 atom stereocenters. The summed E-state index contributed by atoms with van der Waals surface area (Å²) in [5.74, 6) is -2.22. The highest BCUT2D eigenvalue weighted by Crippen LogP contribution is 2.54. The number of hydrogen-bond donors (Lipinski definition) is 0. The van der Waals surface area contributed by atoms with Crippen LogP contribution in [0.3, 0.4) is 0 Å². The van der Waals surface area contributed by atoms with Gasteiger partial charge in [0.05, 0.1) is 16.1 Å². The van der Waals surface area contributed by atoms with E-state index in [1.165, 1.54) is 34.1 Å². The monoisotopic (exact) mass is 643 g/mol. The Bertz CT molecular complexity index is 1380. The summed E-state index contributed by atoms with van der Waals surface area (Å²) in [5, 5.41) is 0.673. The molecule has 2 saturated heterocycles. The van der Waals surface area contributed by atoms with Gasteiger partial charge in [-0.2, -0.15) is 13.2 Å². The minimum atomic E-state index is -4.59. The van der Waals surface area contributed by atoms with E-state index >= 15 is 0 Å². The SMILES string of the molecule is CN(C(=O)Oc1ccc(F)cc1)C1CN(C(=O)C2CCN(C(=O)C3(C(F)(F)F)CCC3)CC2)CC1c1ccc(Cl)c(Cl)c1. The summed E-state index contributed by atoms with van der Waals surface area (Å²) in [6.07, 6.45) is -4.82. The standard InChI is InChI=1S/C30H31Cl2F4N3O4/c1-37(28(42)43-21-6-4-20(33)5-7-21)25-17-39(16-22(25)19-3-8-23(31)24(32)15-19)26(40)18-9-13-38(14-10-18)27(41)29(11-2-12-29)30(34,35)36/h3-8,15,18,22,25H,2,9-14,16-17H2,1H3. The van der Waals surface area contributed by atoms with Gasteiger partial charge in [-0.3, -0.25) is 9.59 Å². The van der Waals surface area contributed by atoms with Crippen LogP contribution >= 0.6 is 23.2 Å². The lowest BCUT2D eigenvalue weighted by Gasteiger charge is -2.45. The number of rotatable bonds is 5. The fourth-order valence-electron chi connectivity index (χ4n) is 6.28. The molecule has 2 unspecified atom stereocenters. The van der Waals surface area contributed by atoms with Crippen LogP contribution in [0.15, 0.2) is 42.5 Å². The van der Waals surface area contributed by atoms with Gasteiger partial charge < -0.3 is 19.4 Å². The van der Waals surface area contributed by atoms with Gasteiger partial charge in [-0.25, -0.2) is 9.18 Å². The second-order valence-electron chi connectivity index (χ2n) is 11.5. The predicted molar refractivity (Wildman–Crippen MR) is 151 cm³/mol. The summed E-state index contributed by atoms with van der Waals surface area (Å²) < 4.78 is 59.9. The molecule has 43 heavy (non-hydrogen) atoms. The quantitative estimate of drug-likeness (QED) is 0.348. The fourth-order valence-corrected chi connectivity index (χ4v) is 6.59. The van der Waals surface area contributed by atoms with Crippen LogP contribution < -0.4 is 4.74 Å². The zero-order valence-electron chi connectivity index (χ0n) is 23.4. The number of carbonyl (C=O) groups is 3. The molecule has 0 aromatic heterocycles. The lowest BCUT2D eigenvalue weighted by atomic mass is 9.67. The molecule has 3 amide bonds. The predicted octanol–water partition coefficient (Wildman–Crippen LogP) is 6.53. The molecule has 1 saturated carbocycles. The van der Waals surface area contributed by atoms with Crippen molar-refractivity contribution in [2.75, 3.05) is 33.2 Å². The third-order valence-corrected chi connectivity index (χ3v) is 9.81. The van der Waals surface area contributed by atoms with Crippen LogP contribution in [0.5, 0.6) is 5.75 Å². The normalized spacial score (nSPS) is 22.2. The molecule has 3 aliphatic rings. The van der Waals surface area contributed by atoms with Crippen molar-refractivity contribution in [2.24, 2.45) is 11.3 Å². The number of hydrogen-bond acceptors (Lipinski definition) is 4. The van der Waals surface area contributed by atoms with Crippen molar-refractivity contribution in [3.05, 3.63) is 63.9 Å². The zero-order valence-corrected chi connectivity index (χ0v) is 24.9. The van der Waals surface area contributed by atoms with Crippen molar-refractivity contribution in [2.45, 2.75) is 50.2 Å². The van der Waals surface area contributed by atoms with E-state index in [2.05, 4.69) is 0 Å². The molecule has 1 aliphatic carbocycles. The summed E-state index contributed by atoms with van der Waals surface area (Å²) in [7, 11) is 1.55. The van der Waals surface area contributed by atoms with Crippen LogP contribution in [-0.2, 0) is 9.59 Å². The second-order valence-corrected chi connectivity index (χ2v) is 12.3. The number of carbonyl (C=O) groups excluding carboxylic acids is 3. The topological polar surface area (TPSA) is 70.2 Å². The number of likely N-dealkylation sites (tertiary alicyclic amines) is 2. The number of halogens is 6. The van der Waals surface area contributed by atoms with Gasteiger partial charge in [0.15, 0.2) is 0 Å². The van der Waals surface area contributed by atoms with Crippen LogP contribution in [0.2, 0.25) is 10.0 Å². The molecule has 0 bridgehead atoms. The minimum Gasteiger partial charge on any atom is -0.410 e. The van der Waals surface area contributed by atoms with Crippen LogP contribution in [0.1, 0.15) is 43.6 Å². The van der Waals surface area contributed by atoms with Gasteiger partial charge in [0.1, 0.15) is 17.0 Å². The van der Waals surface area contributed by atoms with Gasteiger partial charge in [0.25, 0.3) is 0 Å². The first-order chi connectivity index (χ1) is 20.3. The lowest BCUT2D eigenvalue weighted by molar-refractivity contribution is -0.249. The summed E-state index contributed by atoms with van der Waals surface area (Å²) in [6.45, 7) is 0.579. The van der Waals surface area contributed by atoms with Gasteiger partial charge in [0.2, 0.25) is 11.8 Å². The molecule has 2 heterocycles. The number of ether oxygens (including phenoxy) is 1. The highest BCUT2D eigenvalue weighted by atomic mass is 35.5. The van der Waals surface area contributed by atoms with Crippen LogP contribution in [-0.4, -0.2) is 78.1 Å². The molecule has 0 spiro atoms. The Labute approximate surface area is 256 Å². The van der Waals surface area contributed by atoms with E-state index in [1.54, 1.807) is 30.1 Å². The molecular weight excluding hydrogens is 613 g/mol. The second kappa shape index (κ2) is 12.1. The van der Waals surface area contributed by atoms with Gasteiger partial charge in [-0.05, 0) is 67.6 Å². The minimum absolute atomic E-state index is 0.0739. The number of likely N-dealkylation sites (N-methyl/N-ethyl adjacent to an activating group) is 1. The highest BCUT2D eigenvalue weighted by Gasteiger charge is 2.64. The molecule has 232 valence electrons. The average molecular weight is 644 g/mol. The molecule has 0 radical (unpaired) electrons. The fraction of sp³-hybridized carbons (Fsp3) is 0.500. The Kier molecular flexibility index (Phi) is 8.87. The Hall–Kier alpha value is -3.05. The zero-order chi connectivity index (χ0) is 31.1. The first-order valence-corrected chi connectivity index (χ1v) is 14.9. The van der Waals surface area contributed by atoms with E-state index in [0.717, 1.165) is 5.56 Å². The number of alkyl halides is 3. The highest BCUT2D eigenvalue weighted by molar-refractivity contribution is 6.42. The third-order valence-electron chi connectivity index (χ3n) is 9.07. The van der Waals surface area contributed by atoms with E-state index in [-0.39, 0.29) is 69.4 Å². The van der Waals surface area contributed by atoms with Crippen LogP contribution in [0, 0.1) is 17.2 Å². The Balaban J connectivity index is 1.28. The molecule has 5 rings (SSSR count). The third kappa shape index (κ3) is 6.16. The Morgan fingerprint density at radius 3 is 2.16 bits per heavy atom. The average Bonchev–Trinajstić information content (AvgIpc) is 3.39. The maximum atomic E-state index is 13.7. The molecule has 2 aromatic carbocycles. The number of piperidine rings is 1. The summed E-state index contributed by atoms with van der Waals surface area (Å²) in [5.41, 5.74) is -1.54. The Morgan fingerprint density at radius 1 is 0.953 bits per heavy atom. The first kappa shape index (κ1) is 31.4. The van der Waals surface area contributed by atoms with E-state index in [1.807, 2.05) is 0 Å². The molecule has 2 aliphatic heterocycles. The summed E-state index contributed by atoms with van der Waals surface area (Å²) in [4.78, 5) is 43.9. The summed E-state index contributed by atoms with van der Waals surface area (Å²) >= 11 is 12.4. The van der Waals surface area contributed by atoms with Gasteiger partial charge in [-0.1, -0.05) is 35.7 Å². The maximum absolute atomic E-state index is 13.7. The van der Waals surface area contributed by atoms with Crippen molar-refractivity contribution in [3.8, 4) is 5.75 Å². The number of amides is 3. The summed E-state index contributed by atoms with van der Waals surface area (Å²) in [6, 6.07) is 9.61.